The number of benzene rings is 2. The molecule has 30 heavy (non-hydrogen) atoms. The Morgan fingerprint density at radius 2 is 1.70 bits per heavy atom. The molecule has 0 fully saturated rings. The predicted molar refractivity (Wildman–Crippen MR) is 108 cm³/mol. The highest BCUT2D eigenvalue weighted by Crippen LogP contribution is 2.42. The van der Waals surface area contributed by atoms with Crippen molar-refractivity contribution in [3.63, 3.8) is 0 Å². The Morgan fingerprint density at radius 1 is 0.967 bits per heavy atom. The fourth-order valence-electron chi connectivity index (χ4n) is 3.71. The van der Waals surface area contributed by atoms with Gasteiger partial charge in [-0.3, -0.25) is 0 Å². The number of fused-ring (bicyclic) bond motifs is 1. The molecule has 4 nitrogen and oxygen atoms in total. The zero-order chi connectivity index (χ0) is 21.7. The third-order valence-corrected chi connectivity index (χ3v) is 7.52. The second-order valence-corrected chi connectivity index (χ2v) is 9.51. The molecule has 10 heteroatoms. The molecule has 158 valence electrons. The second kappa shape index (κ2) is 7.60. The molecule has 0 saturated carbocycles. The van der Waals surface area contributed by atoms with Crippen molar-refractivity contribution < 1.29 is 21.6 Å². The van der Waals surface area contributed by atoms with Crippen molar-refractivity contribution in [1.82, 2.24) is 8.87 Å². The van der Waals surface area contributed by atoms with Crippen LogP contribution >= 0.6 is 23.2 Å². The van der Waals surface area contributed by atoms with E-state index < -0.39 is 32.7 Å². The molecule has 2 aromatic carbocycles. The molecule has 0 N–H and O–H groups in total. The molecule has 0 aliphatic carbocycles. The summed E-state index contributed by atoms with van der Waals surface area (Å²) in [5, 5.41) is 0.596. The van der Waals surface area contributed by atoms with Gasteiger partial charge >= 0.3 is 6.18 Å². The van der Waals surface area contributed by atoms with Crippen LogP contribution in [0, 0.1) is 0 Å². The Hall–Kier alpha value is -2.00. The van der Waals surface area contributed by atoms with Crippen molar-refractivity contribution in [3.8, 4) is 0 Å². The van der Waals surface area contributed by atoms with Gasteiger partial charge in [-0.2, -0.15) is 17.5 Å². The number of alkyl halides is 3. The molecule has 2 heterocycles. The standard InChI is InChI=1S/C20H15Cl2F3N2O2S/c21-13-7-8-14(16(22)12-13)19-17-5-3-9-26(17)10-11-27(19)30(28,29)18-6-2-1-4-15(18)20(23,24)25/h1-9,12,19H,10-11H2. The van der Waals surface area contributed by atoms with E-state index in [1.165, 1.54) is 12.1 Å². The maximum absolute atomic E-state index is 13.5. The Kier molecular flexibility index (Phi) is 5.38. The summed E-state index contributed by atoms with van der Waals surface area (Å²) in [5.74, 6) is 0. The average Bonchev–Trinajstić information content (AvgIpc) is 3.16. The average molecular weight is 475 g/mol. The van der Waals surface area contributed by atoms with E-state index in [0.29, 0.717) is 22.8 Å². The zero-order valence-electron chi connectivity index (χ0n) is 15.3. The van der Waals surface area contributed by atoms with Crippen molar-refractivity contribution in [2.75, 3.05) is 6.54 Å². The molecule has 4 rings (SSSR count). The van der Waals surface area contributed by atoms with E-state index in [1.54, 1.807) is 30.5 Å². The normalized spacial score (nSPS) is 17.7. The molecule has 3 aromatic rings. The number of hydrogen-bond donors (Lipinski definition) is 0. The molecule has 0 bridgehead atoms. The van der Waals surface area contributed by atoms with Gasteiger partial charge in [-0.05, 0) is 42.0 Å². The third-order valence-electron chi connectivity index (χ3n) is 5.03. The number of aromatic nitrogens is 1. The number of sulfonamides is 1. The van der Waals surface area contributed by atoms with Gasteiger partial charge in [0, 0.05) is 35.0 Å². The van der Waals surface area contributed by atoms with E-state index in [0.717, 1.165) is 22.5 Å². The first-order valence-electron chi connectivity index (χ1n) is 8.89. The van der Waals surface area contributed by atoms with Gasteiger partial charge in [0.15, 0.2) is 0 Å². The molecule has 0 amide bonds. The molecule has 1 aromatic heterocycles. The van der Waals surface area contributed by atoms with E-state index in [9.17, 15) is 21.6 Å². The zero-order valence-corrected chi connectivity index (χ0v) is 17.6. The lowest BCUT2D eigenvalue weighted by Crippen LogP contribution is -2.43. The maximum Gasteiger partial charge on any atom is 0.417 e. The van der Waals surface area contributed by atoms with E-state index in [4.69, 9.17) is 23.2 Å². The SMILES string of the molecule is O=S(=O)(c1ccccc1C(F)(F)F)N1CCn2cccc2C1c1ccc(Cl)cc1Cl. The third kappa shape index (κ3) is 3.62. The minimum absolute atomic E-state index is 0.0141. The number of rotatable bonds is 3. The van der Waals surface area contributed by atoms with Crippen LogP contribution in [-0.4, -0.2) is 23.8 Å². The lowest BCUT2D eigenvalue weighted by Gasteiger charge is -2.37. The summed E-state index contributed by atoms with van der Waals surface area (Å²) in [4.78, 5) is -0.785. The summed E-state index contributed by atoms with van der Waals surface area (Å²) >= 11 is 12.3. The molecule has 0 spiro atoms. The summed E-state index contributed by atoms with van der Waals surface area (Å²) < 4.78 is 70.5. The topological polar surface area (TPSA) is 42.3 Å². The predicted octanol–water partition coefficient (Wildman–Crippen LogP) is 5.61. The van der Waals surface area contributed by atoms with Crippen molar-refractivity contribution in [3.05, 3.63) is 87.7 Å². The van der Waals surface area contributed by atoms with Gasteiger partial charge in [0.1, 0.15) is 0 Å². The highest BCUT2D eigenvalue weighted by Gasteiger charge is 2.43. The Morgan fingerprint density at radius 3 is 2.40 bits per heavy atom. The van der Waals surface area contributed by atoms with Gasteiger partial charge in [-0.1, -0.05) is 41.4 Å². The first kappa shape index (κ1) is 21.2. The lowest BCUT2D eigenvalue weighted by atomic mass is 10.0. The largest absolute Gasteiger partial charge is 0.417 e. The van der Waals surface area contributed by atoms with Crippen LogP contribution in [0.3, 0.4) is 0 Å². The van der Waals surface area contributed by atoms with E-state index in [-0.39, 0.29) is 11.6 Å². The van der Waals surface area contributed by atoms with E-state index in [1.807, 2.05) is 4.57 Å². The summed E-state index contributed by atoms with van der Waals surface area (Å²) in [6.45, 7) is 0.289. The van der Waals surface area contributed by atoms with Crippen LogP contribution in [0.25, 0.3) is 0 Å². The molecule has 1 unspecified atom stereocenters. The highest BCUT2D eigenvalue weighted by atomic mass is 35.5. The van der Waals surface area contributed by atoms with Gasteiger partial charge in [-0.15, -0.1) is 0 Å². The van der Waals surface area contributed by atoms with Crippen molar-refractivity contribution in [1.29, 1.82) is 0 Å². The Balaban J connectivity index is 1.91. The summed E-state index contributed by atoms with van der Waals surface area (Å²) in [6, 6.07) is 11.4. The molecule has 1 aliphatic heterocycles. The molecular weight excluding hydrogens is 460 g/mol. The second-order valence-electron chi connectivity index (χ2n) is 6.80. The molecular formula is C20H15Cl2F3N2O2S. The van der Waals surface area contributed by atoms with Gasteiger partial charge in [0.05, 0.1) is 16.5 Å². The Bertz CT molecular complexity index is 1210. The first-order valence-corrected chi connectivity index (χ1v) is 11.1. The van der Waals surface area contributed by atoms with Crippen LogP contribution in [0.5, 0.6) is 0 Å². The number of nitrogens with zero attached hydrogens (tertiary/aromatic N) is 2. The van der Waals surface area contributed by atoms with Gasteiger partial charge in [0.25, 0.3) is 0 Å². The van der Waals surface area contributed by atoms with Gasteiger partial charge in [-0.25, -0.2) is 8.42 Å². The highest BCUT2D eigenvalue weighted by molar-refractivity contribution is 7.89. The first-order chi connectivity index (χ1) is 14.1. The number of halogens is 5. The van der Waals surface area contributed by atoms with Crippen LogP contribution in [0.1, 0.15) is 22.9 Å². The van der Waals surface area contributed by atoms with Crippen LogP contribution in [0.4, 0.5) is 13.2 Å². The maximum atomic E-state index is 13.5. The smallest absolute Gasteiger partial charge is 0.348 e. The van der Waals surface area contributed by atoms with E-state index in [2.05, 4.69) is 0 Å². The summed E-state index contributed by atoms with van der Waals surface area (Å²) in [5.41, 5.74) is -0.153. The molecule has 0 radical (unpaired) electrons. The van der Waals surface area contributed by atoms with Crippen LogP contribution in [0.2, 0.25) is 10.0 Å². The van der Waals surface area contributed by atoms with Crippen molar-refractivity contribution >= 4 is 33.2 Å². The van der Waals surface area contributed by atoms with Crippen molar-refractivity contribution in [2.45, 2.75) is 23.7 Å². The van der Waals surface area contributed by atoms with Gasteiger partial charge in [0.2, 0.25) is 10.0 Å². The molecule has 1 aliphatic rings. The lowest BCUT2D eigenvalue weighted by molar-refractivity contribution is -0.139. The molecule has 1 atom stereocenters. The fourth-order valence-corrected chi connectivity index (χ4v) is 6.01. The number of hydrogen-bond acceptors (Lipinski definition) is 2. The quantitative estimate of drug-likeness (QED) is 0.495. The Labute approximate surface area is 181 Å². The summed E-state index contributed by atoms with van der Waals surface area (Å²) in [6.07, 6.45) is -3.02. The fraction of sp³-hybridized carbons (Fsp3) is 0.200. The molecule has 0 saturated heterocycles. The van der Waals surface area contributed by atoms with Crippen LogP contribution in [0.15, 0.2) is 65.7 Å². The van der Waals surface area contributed by atoms with E-state index >= 15 is 0 Å². The van der Waals surface area contributed by atoms with Gasteiger partial charge < -0.3 is 4.57 Å². The monoisotopic (exact) mass is 474 g/mol. The van der Waals surface area contributed by atoms with Crippen LogP contribution in [-0.2, 0) is 22.7 Å². The van der Waals surface area contributed by atoms with Crippen molar-refractivity contribution in [2.24, 2.45) is 0 Å². The van der Waals surface area contributed by atoms with Crippen LogP contribution < -0.4 is 0 Å². The summed E-state index contributed by atoms with van der Waals surface area (Å²) in [7, 11) is -4.51. The minimum Gasteiger partial charge on any atom is -0.348 e. The minimum atomic E-state index is -4.81.